The minimum Gasteiger partial charge on any atom is -0.508 e. The Balaban J connectivity index is 1.64. The Morgan fingerprint density at radius 2 is 1.52 bits per heavy atom. The molecule has 0 fully saturated rings. The lowest BCUT2D eigenvalue weighted by Gasteiger charge is -2.16. The highest BCUT2D eigenvalue weighted by atomic mass is 32.1. The summed E-state index contributed by atoms with van der Waals surface area (Å²) in [4.78, 5) is 2.70. The van der Waals surface area contributed by atoms with Gasteiger partial charge in [0.25, 0.3) is 0 Å². The van der Waals surface area contributed by atoms with Crippen LogP contribution in [0.2, 0.25) is 0 Å². The van der Waals surface area contributed by atoms with Gasteiger partial charge in [-0.15, -0.1) is 22.7 Å². The van der Waals surface area contributed by atoms with Crippen molar-refractivity contribution >= 4 is 22.7 Å². The van der Waals surface area contributed by atoms with E-state index in [1.54, 1.807) is 34.8 Å². The molecular formula is C17H17NOS2. The molecule has 1 aromatic carbocycles. The number of hydrogen-bond acceptors (Lipinski definition) is 4. The van der Waals surface area contributed by atoms with E-state index in [0.29, 0.717) is 5.75 Å². The summed E-state index contributed by atoms with van der Waals surface area (Å²) in [5.74, 6) is 0.321. The van der Waals surface area contributed by atoms with Crippen LogP contribution in [0.3, 0.4) is 0 Å². The standard InChI is InChI=1S/C17H17NOS2/c19-14-7-5-13(6-8-14)9-10-18-17(15-3-1-11-20-15)16-4-2-12-21-16/h1-8,11-12,17-19H,9-10H2. The van der Waals surface area contributed by atoms with Crippen molar-refractivity contribution < 1.29 is 5.11 Å². The SMILES string of the molecule is Oc1ccc(CCNC(c2cccs2)c2cccs2)cc1. The van der Waals surface area contributed by atoms with Crippen molar-refractivity contribution in [3.8, 4) is 5.75 Å². The number of nitrogens with one attached hydrogen (secondary N) is 1. The molecule has 0 atom stereocenters. The first kappa shape index (κ1) is 14.3. The number of hydrogen-bond donors (Lipinski definition) is 2. The van der Waals surface area contributed by atoms with Crippen molar-refractivity contribution in [3.05, 3.63) is 74.6 Å². The largest absolute Gasteiger partial charge is 0.508 e. The van der Waals surface area contributed by atoms with Crippen molar-refractivity contribution in [2.24, 2.45) is 0 Å². The smallest absolute Gasteiger partial charge is 0.115 e. The van der Waals surface area contributed by atoms with Crippen LogP contribution in [-0.2, 0) is 6.42 Å². The molecule has 3 rings (SSSR count). The summed E-state index contributed by atoms with van der Waals surface area (Å²) in [5.41, 5.74) is 1.23. The molecule has 4 heteroatoms. The third-order valence-electron chi connectivity index (χ3n) is 3.35. The van der Waals surface area contributed by atoms with Gasteiger partial charge in [0.2, 0.25) is 0 Å². The van der Waals surface area contributed by atoms with Gasteiger partial charge in [-0.25, -0.2) is 0 Å². The second kappa shape index (κ2) is 6.89. The van der Waals surface area contributed by atoms with Gasteiger partial charge in [0.05, 0.1) is 6.04 Å². The summed E-state index contributed by atoms with van der Waals surface area (Å²) in [6, 6.07) is 16.3. The number of rotatable bonds is 6. The van der Waals surface area contributed by atoms with Crippen LogP contribution in [0.4, 0.5) is 0 Å². The zero-order chi connectivity index (χ0) is 14.5. The topological polar surface area (TPSA) is 32.3 Å². The molecule has 0 spiro atoms. The van der Waals surface area contributed by atoms with Crippen molar-refractivity contribution in [1.82, 2.24) is 5.32 Å². The number of thiophene rings is 2. The summed E-state index contributed by atoms with van der Waals surface area (Å²) in [6.07, 6.45) is 0.952. The molecule has 2 aromatic heterocycles. The average Bonchev–Trinajstić information content (AvgIpc) is 3.19. The van der Waals surface area contributed by atoms with Gasteiger partial charge >= 0.3 is 0 Å². The molecule has 21 heavy (non-hydrogen) atoms. The molecule has 0 saturated carbocycles. The van der Waals surface area contributed by atoms with Gasteiger partial charge in [-0.3, -0.25) is 0 Å². The molecular weight excluding hydrogens is 298 g/mol. The molecule has 0 aliphatic rings. The summed E-state index contributed by atoms with van der Waals surface area (Å²) in [6.45, 7) is 0.908. The molecule has 0 unspecified atom stereocenters. The third kappa shape index (κ3) is 3.73. The van der Waals surface area contributed by atoms with E-state index in [1.807, 2.05) is 12.1 Å². The van der Waals surface area contributed by atoms with Gasteiger partial charge in [0.15, 0.2) is 0 Å². The predicted octanol–water partition coefficient (Wildman–Crippen LogP) is 4.44. The molecule has 2 heterocycles. The van der Waals surface area contributed by atoms with Crippen molar-refractivity contribution in [1.29, 1.82) is 0 Å². The first-order chi connectivity index (χ1) is 10.3. The van der Waals surface area contributed by atoms with E-state index in [9.17, 15) is 5.11 Å². The van der Waals surface area contributed by atoms with Crippen molar-refractivity contribution in [2.45, 2.75) is 12.5 Å². The normalized spacial score (nSPS) is 11.1. The first-order valence-corrected chi connectivity index (χ1v) is 8.67. The zero-order valence-electron chi connectivity index (χ0n) is 11.5. The van der Waals surface area contributed by atoms with Crippen LogP contribution in [-0.4, -0.2) is 11.7 Å². The second-order valence-electron chi connectivity index (χ2n) is 4.83. The Labute approximate surface area is 132 Å². The van der Waals surface area contributed by atoms with E-state index < -0.39 is 0 Å². The fraction of sp³-hybridized carbons (Fsp3) is 0.176. The monoisotopic (exact) mass is 315 g/mol. The Morgan fingerprint density at radius 3 is 2.05 bits per heavy atom. The maximum Gasteiger partial charge on any atom is 0.115 e. The molecule has 0 saturated heterocycles. The van der Waals surface area contributed by atoms with Crippen LogP contribution < -0.4 is 5.32 Å². The highest BCUT2D eigenvalue weighted by Gasteiger charge is 2.15. The summed E-state index contributed by atoms with van der Waals surface area (Å²) in [5, 5.41) is 17.2. The van der Waals surface area contributed by atoms with Gasteiger partial charge in [-0.2, -0.15) is 0 Å². The molecule has 0 aliphatic carbocycles. The van der Waals surface area contributed by atoms with E-state index in [-0.39, 0.29) is 6.04 Å². The minimum absolute atomic E-state index is 0.280. The number of aromatic hydroxyl groups is 1. The van der Waals surface area contributed by atoms with E-state index in [2.05, 4.69) is 40.3 Å². The second-order valence-corrected chi connectivity index (χ2v) is 6.79. The Morgan fingerprint density at radius 1 is 0.905 bits per heavy atom. The zero-order valence-corrected chi connectivity index (χ0v) is 13.2. The van der Waals surface area contributed by atoms with E-state index in [4.69, 9.17) is 0 Å². The lowest BCUT2D eigenvalue weighted by molar-refractivity contribution is 0.475. The van der Waals surface area contributed by atoms with Gasteiger partial charge < -0.3 is 10.4 Å². The van der Waals surface area contributed by atoms with Crippen LogP contribution in [0.5, 0.6) is 5.75 Å². The van der Waals surface area contributed by atoms with Gasteiger partial charge in [0, 0.05) is 16.3 Å². The highest BCUT2D eigenvalue weighted by Crippen LogP contribution is 2.29. The van der Waals surface area contributed by atoms with Crippen LogP contribution >= 0.6 is 22.7 Å². The van der Waals surface area contributed by atoms with Crippen LogP contribution in [0.25, 0.3) is 0 Å². The maximum atomic E-state index is 9.31. The molecule has 2 N–H and O–H groups in total. The molecule has 0 radical (unpaired) electrons. The van der Waals surface area contributed by atoms with Crippen LogP contribution in [0.15, 0.2) is 59.3 Å². The van der Waals surface area contributed by atoms with Crippen molar-refractivity contribution in [3.63, 3.8) is 0 Å². The molecule has 3 aromatic rings. The predicted molar refractivity (Wildman–Crippen MR) is 90.3 cm³/mol. The molecule has 0 aliphatic heterocycles. The van der Waals surface area contributed by atoms with E-state index in [1.165, 1.54) is 15.3 Å². The van der Waals surface area contributed by atoms with Crippen LogP contribution in [0, 0.1) is 0 Å². The molecule has 0 bridgehead atoms. The van der Waals surface area contributed by atoms with Crippen LogP contribution in [0.1, 0.15) is 21.4 Å². The first-order valence-electron chi connectivity index (χ1n) is 6.91. The minimum atomic E-state index is 0.280. The number of phenolic OH excluding ortho intramolecular Hbond substituents is 1. The van der Waals surface area contributed by atoms with Gasteiger partial charge in [0.1, 0.15) is 5.75 Å². The Hall–Kier alpha value is -1.62. The molecule has 2 nitrogen and oxygen atoms in total. The third-order valence-corrected chi connectivity index (χ3v) is 5.23. The Bertz CT molecular complexity index is 610. The highest BCUT2D eigenvalue weighted by molar-refractivity contribution is 7.11. The van der Waals surface area contributed by atoms with E-state index >= 15 is 0 Å². The maximum absolute atomic E-state index is 9.31. The lowest BCUT2D eigenvalue weighted by Crippen LogP contribution is -2.23. The van der Waals surface area contributed by atoms with E-state index in [0.717, 1.165) is 13.0 Å². The fourth-order valence-electron chi connectivity index (χ4n) is 2.28. The van der Waals surface area contributed by atoms with Gasteiger partial charge in [-0.05, 0) is 47.0 Å². The Kier molecular flexibility index (Phi) is 4.70. The number of phenols is 1. The number of benzene rings is 1. The quantitative estimate of drug-likeness (QED) is 0.705. The molecule has 0 amide bonds. The average molecular weight is 315 g/mol. The lowest BCUT2D eigenvalue weighted by atomic mass is 10.1. The van der Waals surface area contributed by atoms with Gasteiger partial charge in [-0.1, -0.05) is 24.3 Å². The summed E-state index contributed by atoms with van der Waals surface area (Å²) < 4.78 is 0. The fourth-order valence-corrected chi connectivity index (χ4v) is 3.99. The summed E-state index contributed by atoms with van der Waals surface area (Å²) in [7, 11) is 0. The molecule has 108 valence electrons. The van der Waals surface area contributed by atoms with Crippen molar-refractivity contribution in [2.75, 3.05) is 6.54 Å². The summed E-state index contributed by atoms with van der Waals surface area (Å²) >= 11 is 3.58.